The zero-order valence-electron chi connectivity index (χ0n) is 20.5. The van der Waals surface area contributed by atoms with Crippen LogP contribution in [-0.4, -0.2) is 63.5 Å². The molecule has 1 saturated heterocycles. The SMILES string of the molecule is C[C-]=C1/C=C/c2n[nH]c3ccc(cc23)-c2cnn(C)c2OCCCOC1=[N-].OC1CCOCC1.[Na+]. The molecule has 1 aromatic carbocycles. The van der Waals surface area contributed by atoms with E-state index in [1.807, 2.05) is 25.3 Å². The molecule has 0 saturated carbocycles. The molecule has 4 heterocycles. The number of hydrogen-bond acceptors (Lipinski definition) is 6. The van der Waals surface area contributed by atoms with Crippen molar-refractivity contribution < 1.29 is 48.9 Å². The first-order valence-electron chi connectivity index (χ1n) is 11.4. The number of rotatable bonds is 0. The van der Waals surface area contributed by atoms with Crippen molar-refractivity contribution in [3.63, 3.8) is 0 Å². The number of nitrogens with one attached hydrogen (secondary N) is 1. The predicted octanol–water partition coefficient (Wildman–Crippen LogP) is 0.655. The van der Waals surface area contributed by atoms with Gasteiger partial charge in [-0.05, 0) is 30.5 Å². The van der Waals surface area contributed by atoms with Crippen LogP contribution < -0.4 is 34.3 Å². The van der Waals surface area contributed by atoms with Gasteiger partial charge in [-0.3, -0.25) is 5.10 Å². The average molecular weight is 487 g/mol. The monoisotopic (exact) mass is 486 g/mol. The van der Waals surface area contributed by atoms with Gasteiger partial charge in [0.25, 0.3) is 0 Å². The van der Waals surface area contributed by atoms with Crippen molar-refractivity contribution in [2.45, 2.75) is 32.3 Å². The minimum Gasteiger partial charge on any atom is -0.841 e. The number of fused-ring (bicyclic) bond motifs is 3. The molecule has 180 valence electrons. The van der Waals surface area contributed by atoms with Crippen molar-refractivity contribution in [3.8, 4) is 17.0 Å². The number of ether oxygens (including phenoxy) is 3. The first-order chi connectivity index (χ1) is 16.6. The fourth-order valence-electron chi connectivity index (χ4n) is 3.71. The first-order valence-corrected chi connectivity index (χ1v) is 11.4. The molecule has 2 aliphatic rings. The largest absolute Gasteiger partial charge is 1.00 e. The van der Waals surface area contributed by atoms with Crippen molar-refractivity contribution in [3.05, 3.63) is 53.2 Å². The summed E-state index contributed by atoms with van der Waals surface area (Å²) in [6.07, 6.45) is 10.5. The van der Waals surface area contributed by atoms with E-state index in [-0.39, 0.29) is 41.6 Å². The summed E-state index contributed by atoms with van der Waals surface area (Å²) in [5, 5.41) is 31.7. The third-order valence-corrected chi connectivity index (χ3v) is 5.65. The van der Waals surface area contributed by atoms with E-state index >= 15 is 0 Å². The van der Waals surface area contributed by atoms with Gasteiger partial charge in [-0.25, -0.2) is 10.8 Å². The molecule has 35 heavy (non-hydrogen) atoms. The number of aromatic amines is 1. The normalized spacial score (nSPS) is 18.8. The van der Waals surface area contributed by atoms with Gasteiger partial charge in [0.1, 0.15) is 0 Å². The van der Waals surface area contributed by atoms with E-state index in [9.17, 15) is 5.41 Å². The molecule has 0 unspecified atom stereocenters. The molecular weight excluding hydrogens is 457 g/mol. The van der Waals surface area contributed by atoms with Gasteiger partial charge in [0.15, 0.2) is 0 Å². The van der Waals surface area contributed by atoms with Gasteiger partial charge in [0.05, 0.1) is 42.3 Å². The molecule has 5 rings (SSSR count). The third-order valence-electron chi connectivity index (χ3n) is 5.65. The van der Waals surface area contributed by atoms with E-state index in [2.05, 4.69) is 27.4 Å². The van der Waals surface area contributed by atoms with Crippen molar-refractivity contribution in [2.75, 3.05) is 26.4 Å². The molecule has 2 aromatic heterocycles. The maximum atomic E-state index is 10.1. The molecule has 1 fully saturated rings. The van der Waals surface area contributed by atoms with Gasteiger partial charge in [0.2, 0.25) is 5.88 Å². The van der Waals surface area contributed by atoms with E-state index in [0.29, 0.717) is 31.1 Å². The van der Waals surface area contributed by atoms with E-state index < -0.39 is 0 Å². The van der Waals surface area contributed by atoms with Crippen LogP contribution >= 0.6 is 0 Å². The Morgan fingerprint density at radius 2 is 1.91 bits per heavy atom. The molecule has 2 bridgehead atoms. The Labute approximate surface area is 226 Å². The fourth-order valence-corrected chi connectivity index (χ4v) is 3.71. The van der Waals surface area contributed by atoms with Gasteiger partial charge in [-0.2, -0.15) is 21.8 Å². The fraction of sp³-hybridized carbons (Fsp3) is 0.400. The molecule has 0 spiro atoms. The number of hydrogen-bond donors (Lipinski definition) is 2. The van der Waals surface area contributed by atoms with Crippen molar-refractivity contribution in [1.29, 1.82) is 0 Å². The molecule has 10 heteroatoms. The van der Waals surface area contributed by atoms with Gasteiger partial charge in [-0.1, -0.05) is 19.1 Å². The Balaban J connectivity index is 0.000000370. The van der Waals surface area contributed by atoms with Crippen LogP contribution in [0.5, 0.6) is 5.88 Å². The number of aliphatic hydroxyl groups excluding tert-OH is 1. The van der Waals surface area contributed by atoms with Crippen LogP contribution in [0.4, 0.5) is 0 Å². The maximum Gasteiger partial charge on any atom is 1.00 e. The third kappa shape index (κ3) is 6.83. The molecule has 0 atom stereocenters. The van der Waals surface area contributed by atoms with Crippen molar-refractivity contribution >= 4 is 22.9 Å². The number of aromatic nitrogens is 4. The van der Waals surface area contributed by atoms with E-state index in [0.717, 1.165) is 53.8 Å². The Bertz CT molecular complexity index is 1190. The molecule has 3 aromatic rings. The number of aryl methyl sites for hydroxylation is 1. The van der Waals surface area contributed by atoms with Crippen molar-refractivity contribution in [2.24, 2.45) is 7.05 Å². The second-order valence-corrected chi connectivity index (χ2v) is 8.05. The molecular formula is C25H29N5NaO4-. The molecule has 0 radical (unpaired) electrons. The quantitative estimate of drug-likeness (QED) is 0.356. The summed E-state index contributed by atoms with van der Waals surface area (Å²) in [6.45, 7) is 3.98. The smallest absolute Gasteiger partial charge is 0.841 e. The number of H-pyrrole nitrogens is 1. The van der Waals surface area contributed by atoms with Crippen LogP contribution in [0.2, 0.25) is 0 Å². The molecule has 2 N–H and O–H groups in total. The second kappa shape index (κ2) is 13.0. The minimum absolute atomic E-state index is 0. The van der Waals surface area contributed by atoms with Gasteiger partial charge in [-0.15, -0.1) is 5.90 Å². The minimum atomic E-state index is -0.162. The van der Waals surface area contributed by atoms with Crippen LogP contribution in [0.3, 0.4) is 0 Å². The summed E-state index contributed by atoms with van der Waals surface area (Å²) in [5.41, 5.74) is 4.08. The molecule has 9 nitrogen and oxygen atoms in total. The van der Waals surface area contributed by atoms with Crippen LogP contribution in [0.25, 0.3) is 33.5 Å². The van der Waals surface area contributed by atoms with Crippen molar-refractivity contribution in [1.82, 2.24) is 20.0 Å². The molecule has 2 aliphatic heterocycles. The van der Waals surface area contributed by atoms with Gasteiger partial charge in [0, 0.05) is 32.1 Å². The summed E-state index contributed by atoms with van der Waals surface area (Å²) < 4.78 is 18.0. The summed E-state index contributed by atoms with van der Waals surface area (Å²) in [7, 11) is 1.85. The zero-order valence-corrected chi connectivity index (χ0v) is 22.5. The number of aliphatic hydroxyl groups is 1. The molecule has 0 aliphatic carbocycles. The number of allylic oxidation sites excluding steroid dienone is 1. The molecule has 0 amide bonds. The standard InChI is InChI=1S/C20H19N5O2.C5H10O2.Na/c1-3-13-5-7-17-15-11-14(6-8-18(15)24-23-17)16-12-22-25(2)20(16)27-10-4-9-26-19(13)21;6-5-1-3-7-4-2-5;/h5-8,11-12H,4,9-10H2,1-2H3,(H,23,24);5-6H,1-4H2;/q-2;;+1/b7-5+;;. The second-order valence-electron chi connectivity index (χ2n) is 8.05. The number of benzene rings is 1. The summed E-state index contributed by atoms with van der Waals surface area (Å²) in [5.74, 6) is 0.533. The van der Waals surface area contributed by atoms with E-state index in [1.165, 1.54) is 0 Å². The zero-order chi connectivity index (χ0) is 23.9. The van der Waals surface area contributed by atoms with Crippen LogP contribution in [0, 0.1) is 6.08 Å². The van der Waals surface area contributed by atoms with Crippen LogP contribution in [-0.2, 0) is 16.5 Å². The summed E-state index contributed by atoms with van der Waals surface area (Å²) in [4.78, 5) is 0. The number of nitrogens with zero attached hydrogens (tertiary/aromatic N) is 4. The Morgan fingerprint density at radius 1 is 1.14 bits per heavy atom. The van der Waals surface area contributed by atoms with Crippen LogP contribution in [0.15, 0.2) is 36.0 Å². The summed E-state index contributed by atoms with van der Waals surface area (Å²) >= 11 is 0. The summed E-state index contributed by atoms with van der Waals surface area (Å²) in [6, 6.07) is 6.06. The Morgan fingerprint density at radius 3 is 2.63 bits per heavy atom. The Kier molecular flexibility index (Phi) is 10.1. The van der Waals surface area contributed by atoms with E-state index in [4.69, 9.17) is 19.3 Å². The first kappa shape index (κ1) is 27.2. The van der Waals surface area contributed by atoms with E-state index in [1.54, 1.807) is 23.9 Å². The predicted molar refractivity (Wildman–Crippen MR) is 130 cm³/mol. The average Bonchev–Trinajstić information content (AvgIpc) is 3.42. The maximum absolute atomic E-state index is 10.1. The van der Waals surface area contributed by atoms with Gasteiger partial charge < -0.3 is 24.7 Å². The van der Waals surface area contributed by atoms with Gasteiger partial charge >= 0.3 is 29.6 Å². The topological polar surface area (TPSA) is 117 Å². The Hall–Kier alpha value is -2.43. The van der Waals surface area contributed by atoms with Crippen LogP contribution in [0.1, 0.15) is 31.9 Å².